The molecule has 0 saturated heterocycles. The second-order valence-corrected chi connectivity index (χ2v) is 4.23. The van der Waals surface area contributed by atoms with Gasteiger partial charge in [0.25, 0.3) is 0 Å². The highest BCUT2D eigenvalue weighted by Crippen LogP contribution is 2.22. The highest BCUT2D eigenvalue weighted by atomic mass is 14.9. The Hall–Kier alpha value is -2.15. The monoisotopic (exact) mass is 226 g/mol. The minimum Gasteiger partial charge on any atom is -0.360 e. The molecule has 2 rings (SSSR count). The zero-order valence-corrected chi connectivity index (χ0v) is 9.88. The van der Waals surface area contributed by atoms with Gasteiger partial charge in [0.1, 0.15) is 11.7 Å². The summed E-state index contributed by atoms with van der Waals surface area (Å²) in [5.74, 6) is 0.540. The van der Waals surface area contributed by atoms with Gasteiger partial charge in [0.2, 0.25) is 0 Å². The summed E-state index contributed by atoms with van der Waals surface area (Å²) in [6.07, 6.45) is 3.55. The van der Waals surface area contributed by atoms with Gasteiger partial charge < -0.3 is 4.98 Å². The fraction of sp³-hybridized carbons (Fsp3) is 0.308. The molecule has 0 aliphatic heterocycles. The van der Waals surface area contributed by atoms with Crippen molar-refractivity contribution in [2.45, 2.75) is 19.8 Å². The van der Waals surface area contributed by atoms with Gasteiger partial charge in [-0.1, -0.05) is 13.8 Å². The Morgan fingerprint density at radius 1 is 1.35 bits per heavy atom. The molecular weight excluding hydrogens is 212 g/mol. The smallest absolute Gasteiger partial charge is 0.146 e. The van der Waals surface area contributed by atoms with Gasteiger partial charge in [-0.3, -0.25) is 0 Å². The van der Waals surface area contributed by atoms with Gasteiger partial charge in [-0.25, -0.2) is 9.97 Å². The van der Waals surface area contributed by atoms with Crippen molar-refractivity contribution >= 4 is 0 Å². The molecule has 0 amide bonds. The summed E-state index contributed by atoms with van der Waals surface area (Å²) in [5, 5.41) is 9.13. The zero-order chi connectivity index (χ0) is 12.3. The molecule has 0 aliphatic rings. The van der Waals surface area contributed by atoms with Crippen molar-refractivity contribution in [3.05, 3.63) is 36.4 Å². The van der Waals surface area contributed by atoms with Crippen LogP contribution in [0.2, 0.25) is 0 Å². The predicted octanol–water partition coefficient (Wildman–Crippen LogP) is 2.73. The first kappa shape index (κ1) is 11.3. The van der Waals surface area contributed by atoms with Crippen molar-refractivity contribution in [1.82, 2.24) is 15.0 Å². The van der Waals surface area contributed by atoms with Crippen LogP contribution < -0.4 is 0 Å². The van der Waals surface area contributed by atoms with E-state index in [1.54, 1.807) is 6.20 Å². The number of hydrogen-bond donors (Lipinski definition) is 1. The molecule has 17 heavy (non-hydrogen) atoms. The number of aromatic nitrogens is 3. The Balaban J connectivity index is 2.38. The normalized spacial score (nSPS) is 12.4. The first-order valence-electron chi connectivity index (χ1n) is 5.58. The lowest BCUT2D eigenvalue weighted by atomic mass is 9.96. The molecule has 2 aromatic heterocycles. The average molecular weight is 226 g/mol. The van der Waals surface area contributed by atoms with E-state index >= 15 is 0 Å². The number of hydrogen-bond acceptors (Lipinski definition) is 3. The zero-order valence-electron chi connectivity index (χ0n) is 9.88. The van der Waals surface area contributed by atoms with Gasteiger partial charge in [0.05, 0.1) is 17.5 Å². The van der Waals surface area contributed by atoms with Crippen LogP contribution in [0.15, 0.2) is 30.6 Å². The molecule has 0 fully saturated rings. The van der Waals surface area contributed by atoms with E-state index in [0.29, 0.717) is 5.82 Å². The molecule has 4 heteroatoms. The number of nitrogens with zero attached hydrogens (tertiary/aromatic N) is 3. The van der Waals surface area contributed by atoms with E-state index < -0.39 is 0 Å². The summed E-state index contributed by atoms with van der Waals surface area (Å²) in [6.45, 7) is 4.00. The average Bonchev–Trinajstić information content (AvgIpc) is 2.83. The van der Waals surface area contributed by atoms with Crippen molar-refractivity contribution in [3.8, 4) is 17.5 Å². The first-order valence-corrected chi connectivity index (χ1v) is 5.58. The van der Waals surface area contributed by atoms with Crippen molar-refractivity contribution in [3.63, 3.8) is 0 Å². The third kappa shape index (κ3) is 2.34. The molecule has 0 saturated carbocycles. The molecule has 0 aromatic carbocycles. The minimum atomic E-state index is -0.259. The van der Waals surface area contributed by atoms with Gasteiger partial charge in [-0.2, -0.15) is 5.26 Å². The van der Waals surface area contributed by atoms with E-state index in [9.17, 15) is 0 Å². The summed E-state index contributed by atoms with van der Waals surface area (Å²) in [4.78, 5) is 11.7. The molecule has 1 N–H and O–H groups in total. The standard InChI is InChI=1S/C13H14N4/c1-9(2)10(8-14)13-16-7-5-12(17-13)11-4-3-6-15-11/h3-7,9-10,15H,1-2H3. The molecule has 2 aromatic rings. The number of H-pyrrole nitrogens is 1. The van der Waals surface area contributed by atoms with Gasteiger partial charge >= 0.3 is 0 Å². The lowest BCUT2D eigenvalue weighted by Gasteiger charge is -2.11. The highest BCUT2D eigenvalue weighted by molar-refractivity contribution is 5.53. The maximum Gasteiger partial charge on any atom is 0.146 e. The van der Waals surface area contributed by atoms with E-state index in [-0.39, 0.29) is 11.8 Å². The van der Waals surface area contributed by atoms with Crippen LogP contribution in [-0.4, -0.2) is 15.0 Å². The van der Waals surface area contributed by atoms with Crippen molar-refractivity contribution in [1.29, 1.82) is 5.26 Å². The first-order chi connectivity index (χ1) is 8.22. The second-order valence-electron chi connectivity index (χ2n) is 4.23. The molecule has 0 spiro atoms. The van der Waals surface area contributed by atoms with Crippen LogP contribution in [0.25, 0.3) is 11.4 Å². The molecule has 0 radical (unpaired) electrons. The predicted molar refractivity (Wildman–Crippen MR) is 65.0 cm³/mol. The molecule has 0 aliphatic carbocycles. The van der Waals surface area contributed by atoms with Gasteiger partial charge in [0.15, 0.2) is 0 Å². The number of rotatable bonds is 3. The van der Waals surface area contributed by atoms with E-state index in [4.69, 9.17) is 5.26 Å². The van der Waals surface area contributed by atoms with Crippen LogP contribution in [0.1, 0.15) is 25.6 Å². The van der Waals surface area contributed by atoms with E-state index in [1.807, 2.05) is 38.2 Å². The maximum atomic E-state index is 9.13. The van der Waals surface area contributed by atoms with Crippen LogP contribution in [0.4, 0.5) is 0 Å². The Morgan fingerprint density at radius 3 is 2.76 bits per heavy atom. The van der Waals surface area contributed by atoms with Crippen molar-refractivity contribution < 1.29 is 0 Å². The summed E-state index contributed by atoms with van der Waals surface area (Å²) in [7, 11) is 0. The minimum absolute atomic E-state index is 0.207. The Morgan fingerprint density at radius 2 is 2.18 bits per heavy atom. The van der Waals surface area contributed by atoms with Crippen molar-refractivity contribution in [2.24, 2.45) is 5.92 Å². The van der Waals surface area contributed by atoms with Crippen molar-refractivity contribution in [2.75, 3.05) is 0 Å². The fourth-order valence-corrected chi connectivity index (χ4v) is 1.67. The quantitative estimate of drug-likeness (QED) is 0.875. The lowest BCUT2D eigenvalue weighted by Crippen LogP contribution is -2.09. The molecule has 2 heterocycles. The number of nitrogens with one attached hydrogen (secondary N) is 1. The van der Waals surface area contributed by atoms with Gasteiger partial charge in [-0.05, 0) is 24.1 Å². The summed E-state index contributed by atoms with van der Waals surface area (Å²) < 4.78 is 0. The van der Waals surface area contributed by atoms with E-state index in [2.05, 4.69) is 21.0 Å². The summed E-state index contributed by atoms with van der Waals surface area (Å²) in [5.41, 5.74) is 1.76. The molecular formula is C13H14N4. The second kappa shape index (κ2) is 4.79. The SMILES string of the molecule is CC(C)C(C#N)c1nccc(-c2ccc[nH]2)n1. The van der Waals surface area contributed by atoms with Gasteiger partial charge in [0, 0.05) is 12.4 Å². The third-order valence-electron chi connectivity index (χ3n) is 2.63. The molecule has 1 unspecified atom stereocenters. The summed E-state index contributed by atoms with van der Waals surface area (Å²) >= 11 is 0. The fourth-order valence-electron chi connectivity index (χ4n) is 1.67. The lowest BCUT2D eigenvalue weighted by molar-refractivity contribution is 0.561. The van der Waals surface area contributed by atoms with Crippen LogP contribution in [-0.2, 0) is 0 Å². The molecule has 0 bridgehead atoms. The molecule has 1 atom stereocenters. The Labute approximate surface area is 100 Å². The Bertz CT molecular complexity index is 523. The van der Waals surface area contributed by atoms with Crippen LogP contribution >= 0.6 is 0 Å². The molecule has 86 valence electrons. The van der Waals surface area contributed by atoms with E-state index in [0.717, 1.165) is 11.4 Å². The van der Waals surface area contributed by atoms with Gasteiger partial charge in [-0.15, -0.1) is 0 Å². The summed E-state index contributed by atoms with van der Waals surface area (Å²) in [6, 6.07) is 7.96. The molecule has 4 nitrogen and oxygen atoms in total. The largest absolute Gasteiger partial charge is 0.360 e. The van der Waals surface area contributed by atoms with Crippen LogP contribution in [0.5, 0.6) is 0 Å². The number of aromatic amines is 1. The third-order valence-corrected chi connectivity index (χ3v) is 2.63. The number of nitriles is 1. The highest BCUT2D eigenvalue weighted by Gasteiger charge is 2.18. The topological polar surface area (TPSA) is 65.4 Å². The van der Waals surface area contributed by atoms with E-state index in [1.165, 1.54) is 0 Å². The van der Waals surface area contributed by atoms with Crippen LogP contribution in [0, 0.1) is 17.2 Å². The Kier molecular flexibility index (Phi) is 3.20. The maximum absolute atomic E-state index is 9.13. The van der Waals surface area contributed by atoms with Crippen LogP contribution in [0.3, 0.4) is 0 Å².